The van der Waals surface area contributed by atoms with Crippen molar-refractivity contribution in [3.05, 3.63) is 18.8 Å². The van der Waals surface area contributed by atoms with E-state index in [9.17, 15) is 0 Å². The van der Waals surface area contributed by atoms with Gasteiger partial charge in [0.05, 0.1) is 12.6 Å². The second-order valence-electron chi connectivity index (χ2n) is 2.82. The zero-order valence-corrected chi connectivity index (χ0v) is 6.04. The third-order valence-electron chi connectivity index (χ3n) is 2.02. The van der Waals surface area contributed by atoms with Crippen molar-refractivity contribution in [1.82, 2.24) is 5.32 Å². The Balaban J connectivity index is 2.22. The fourth-order valence-corrected chi connectivity index (χ4v) is 1.11. The molecule has 1 N–H and O–H groups in total. The summed E-state index contributed by atoms with van der Waals surface area (Å²) in [4.78, 5) is 4.11. The molecular weight excluding hydrogens is 138 g/mol. The predicted octanol–water partition coefficient (Wildman–Crippen LogP) is 0.967. The molecule has 0 amide bonds. The number of nitriles is 1. The topological polar surface area (TPSA) is 48.2 Å². The van der Waals surface area contributed by atoms with Crippen LogP contribution in [0.4, 0.5) is 0 Å². The maximum Gasteiger partial charge on any atom is 0.123 e. The molecule has 1 aliphatic heterocycles. The van der Waals surface area contributed by atoms with Crippen LogP contribution in [-0.4, -0.2) is 5.84 Å². The van der Waals surface area contributed by atoms with Gasteiger partial charge in [-0.05, 0) is 18.9 Å². The van der Waals surface area contributed by atoms with Crippen LogP contribution in [0.5, 0.6) is 0 Å². The number of nitrogens with zero attached hydrogens (tertiary/aromatic N) is 2. The van der Waals surface area contributed by atoms with E-state index in [1.165, 1.54) is 0 Å². The van der Waals surface area contributed by atoms with Crippen LogP contribution in [0, 0.1) is 23.3 Å². The van der Waals surface area contributed by atoms with Crippen LogP contribution in [0.3, 0.4) is 0 Å². The third-order valence-corrected chi connectivity index (χ3v) is 2.02. The first kappa shape index (κ1) is 6.41. The Labute approximate surface area is 65.4 Å². The summed E-state index contributed by atoms with van der Waals surface area (Å²) in [6, 6.07) is 2.27. The van der Waals surface area contributed by atoms with E-state index in [4.69, 9.17) is 5.26 Å². The van der Waals surface area contributed by atoms with Gasteiger partial charge in [0.1, 0.15) is 11.3 Å². The van der Waals surface area contributed by atoms with Crippen LogP contribution in [0.15, 0.2) is 17.3 Å². The van der Waals surface area contributed by atoms with Gasteiger partial charge in [-0.15, -0.1) is 0 Å². The Morgan fingerprint density at radius 1 is 1.64 bits per heavy atom. The first-order valence-corrected chi connectivity index (χ1v) is 3.62. The summed E-state index contributed by atoms with van der Waals surface area (Å²) in [5, 5.41) is 11.8. The molecule has 11 heavy (non-hydrogen) atoms. The number of amidine groups is 1. The molecule has 0 aromatic rings. The van der Waals surface area contributed by atoms with Crippen LogP contribution >= 0.6 is 0 Å². The smallest absolute Gasteiger partial charge is 0.123 e. The molecule has 0 bridgehead atoms. The van der Waals surface area contributed by atoms with Gasteiger partial charge in [-0.2, -0.15) is 5.26 Å². The highest BCUT2D eigenvalue weighted by Crippen LogP contribution is 2.45. The summed E-state index contributed by atoms with van der Waals surface area (Å²) >= 11 is 0. The molecule has 0 saturated heterocycles. The Morgan fingerprint density at radius 3 is 2.91 bits per heavy atom. The van der Waals surface area contributed by atoms with Crippen molar-refractivity contribution in [3.8, 4) is 6.07 Å². The molecule has 3 heteroatoms. The van der Waals surface area contributed by atoms with Gasteiger partial charge in [0, 0.05) is 6.20 Å². The lowest BCUT2D eigenvalue weighted by molar-refractivity contribution is 0.870. The Bertz CT molecular complexity index is 266. The molecule has 3 nitrogen and oxygen atoms in total. The lowest BCUT2D eigenvalue weighted by Gasteiger charge is -2.12. The van der Waals surface area contributed by atoms with Crippen molar-refractivity contribution in [2.75, 3.05) is 0 Å². The Morgan fingerprint density at radius 2 is 2.45 bits per heavy atom. The Kier molecular flexibility index (Phi) is 1.22. The van der Waals surface area contributed by atoms with Gasteiger partial charge < -0.3 is 5.32 Å². The molecule has 2 aliphatic rings. The fraction of sp³-hybridized carbons (Fsp3) is 0.375. The summed E-state index contributed by atoms with van der Waals surface area (Å²) in [5.74, 6) is 0.808. The van der Waals surface area contributed by atoms with E-state index in [2.05, 4.69) is 16.4 Å². The number of hydrogen-bond donors (Lipinski definition) is 1. The van der Waals surface area contributed by atoms with Crippen molar-refractivity contribution >= 4 is 5.84 Å². The highest BCUT2D eigenvalue weighted by molar-refractivity contribution is 5.94. The summed E-state index contributed by atoms with van der Waals surface area (Å²) in [6.45, 7) is 1.81. The van der Waals surface area contributed by atoms with Crippen LogP contribution in [0.1, 0.15) is 12.8 Å². The van der Waals surface area contributed by atoms with Gasteiger partial charge in [0.25, 0.3) is 0 Å². The SMILES string of the molecule is N#CC1(C2=NC=C[CH]N2)CC1. The second kappa shape index (κ2) is 2.09. The number of aliphatic imine (C=N–C) groups is 1. The van der Waals surface area contributed by atoms with Gasteiger partial charge in [-0.3, -0.25) is 0 Å². The molecule has 1 radical (unpaired) electrons. The lowest BCUT2D eigenvalue weighted by atomic mass is 10.1. The first-order valence-electron chi connectivity index (χ1n) is 3.62. The number of rotatable bonds is 1. The highest BCUT2D eigenvalue weighted by atomic mass is 15.0. The average molecular weight is 146 g/mol. The van der Waals surface area contributed by atoms with Gasteiger partial charge in [-0.25, -0.2) is 4.99 Å². The van der Waals surface area contributed by atoms with Crippen molar-refractivity contribution in [1.29, 1.82) is 5.26 Å². The molecule has 2 rings (SSSR count). The van der Waals surface area contributed by atoms with Crippen LogP contribution < -0.4 is 5.32 Å². The van der Waals surface area contributed by atoms with E-state index in [0.29, 0.717) is 0 Å². The average Bonchev–Trinajstić information content (AvgIpc) is 2.86. The van der Waals surface area contributed by atoms with E-state index < -0.39 is 0 Å². The zero-order chi connectivity index (χ0) is 7.73. The minimum Gasteiger partial charge on any atom is -0.364 e. The minimum atomic E-state index is -0.277. The highest BCUT2D eigenvalue weighted by Gasteiger charge is 2.48. The molecule has 0 aromatic carbocycles. The minimum absolute atomic E-state index is 0.277. The van der Waals surface area contributed by atoms with Gasteiger partial charge >= 0.3 is 0 Å². The zero-order valence-electron chi connectivity index (χ0n) is 6.04. The number of hydrogen-bond acceptors (Lipinski definition) is 3. The largest absolute Gasteiger partial charge is 0.364 e. The maximum absolute atomic E-state index is 8.80. The van der Waals surface area contributed by atoms with Crippen molar-refractivity contribution in [3.63, 3.8) is 0 Å². The molecule has 1 aliphatic carbocycles. The molecule has 0 atom stereocenters. The Hall–Kier alpha value is -1.30. The molecule has 1 fully saturated rings. The second-order valence-corrected chi connectivity index (χ2v) is 2.82. The molecule has 1 saturated carbocycles. The van der Waals surface area contributed by atoms with Crippen molar-refractivity contribution in [2.24, 2.45) is 10.4 Å². The standard InChI is InChI=1S/C8H8N3/c9-6-8(2-3-8)7-10-4-1-5-11-7/h1,4-5H,2-3H2,(H,10,11). The summed E-state index contributed by atoms with van der Waals surface area (Å²) < 4.78 is 0. The summed E-state index contributed by atoms with van der Waals surface area (Å²) in [7, 11) is 0. The van der Waals surface area contributed by atoms with Crippen LogP contribution in [0.25, 0.3) is 0 Å². The maximum atomic E-state index is 8.80. The van der Waals surface area contributed by atoms with Gasteiger partial charge in [0.15, 0.2) is 0 Å². The third kappa shape index (κ3) is 0.911. The van der Waals surface area contributed by atoms with Crippen LogP contribution in [-0.2, 0) is 0 Å². The molecule has 55 valence electrons. The summed E-state index contributed by atoms with van der Waals surface area (Å²) in [5.41, 5.74) is -0.277. The van der Waals surface area contributed by atoms with Crippen molar-refractivity contribution < 1.29 is 0 Å². The van der Waals surface area contributed by atoms with Gasteiger partial charge in [-0.1, -0.05) is 0 Å². The fourth-order valence-electron chi connectivity index (χ4n) is 1.11. The lowest BCUT2D eigenvalue weighted by Crippen LogP contribution is -2.30. The van der Waals surface area contributed by atoms with Crippen molar-refractivity contribution in [2.45, 2.75) is 12.8 Å². The van der Waals surface area contributed by atoms with E-state index in [0.717, 1.165) is 18.7 Å². The van der Waals surface area contributed by atoms with E-state index in [1.807, 2.05) is 6.08 Å². The molecule has 1 heterocycles. The van der Waals surface area contributed by atoms with Crippen LogP contribution in [0.2, 0.25) is 0 Å². The number of nitrogens with one attached hydrogen (secondary N) is 1. The van der Waals surface area contributed by atoms with E-state index >= 15 is 0 Å². The molecule has 0 aromatic heterocycles. The van der Waals surface area contributed by atoms with E-state index in [-0.39, 0.29) is 5.41 Å². The van der Waals surface area contributed by atoms with E-state index in [1.54, 1.807) is 12.7 Å². The molecular formula is C8H8N3. The quantitative estimate of drug-likeness (QED) is 0.599. The summed E-state index contributed by atoms with van der Waals surface area (Å²) in [6.07, 6.45) is 5.41. The normalized spacial score (nSPS) is 24.8. The molecule has 0 spiro atoms. The first-order chi connectivity index (χ1) is 5.37. The monoisotopic (exact) mass is 146 g/mol. The predicted molar refractivity (Wildman–Crippen MR) is 41.3 cm³/mol. The van der Waals surface area contributed by atoms with Gasteiger partial charge in [0.2, 0.25) is 0 Å². The molecule has 0 unspecified atom stereocenters.